The van der Waals surface area contributed by atoms with E-state index < -0.39 is 8.24 Å². The van der Waals surface area contributed by atoms with Crippen molar-refractivity contribution in [2.24, 2.45) is 0 Å². The van der Waals surface area contributed by atoms with Gasteiger partial charge in [-0.2, -0.15) is 0 Å². The molecule has 0 aliphatic rings. The zero-order chi connectivity index (χ0) is 10.9. The van der Waals surface area contributed by atoms with E-state index in [2.05, 4.69) is 72.4 Å². The Bertz CT molecular complexity index is 323. The number of hydrogen-bond donors (Lipinski definition) is 1. The van der Waals surface area contributed by atoms with Gasteiger partial charge in [-0.05, 0) is 44.0 Å². The summed E-state index contributed by atoms with van der Waals surface area (Å²) in [6, 6.07) is 4.10. The lowest BCUT2D eigenvalue weighted by Gasteiger charge is -2.22. The minimum atomic E-state index is -1.30. The number of anilines is 1. The van der Waals surface area contributed by atoms with Crippen molar-refractivity contribution in [1.82, 2.24) is 0 Å². The molecule has 0 bridgehead atoms. The predicted octanol–water partition coefficient (Wildman–Crippen LogP) is 5.22. The largest absolute Gasteiger partial charge is 0.409 e. The van der Waals surface area contributed by atoms with Crippen LogP contribution in [0.5, 0.6) is 0 Å². The fraction of sp³-hybridized carbons (Fsp3) is 0.333. The molecule has 0 heterocycles. The van der Waals surface area contributed by atoms with Crippen LogP contribution < -0.4 is 4.98 Å². The van der Waals surface area contributed by atoms with Gasteiger partial charge in [-0.25, -0.2) is 0 Å². The maximum atomic E-state index is 3.57. The van der Waals surface area contributed by atoms with Crippen LogP contribution >= 0.6 is 47.8 Å². The molecule has 1 aromatic rings. The molecule has 0 aromatic heterocycles. The average Bonchev–Trinajstić information content (AvgIpc) is 1.95. The van der Waals surface area contributed by atoms with Gasteiger partial charge in [-0.3, -0.25) is 0 Å². The van der Waals surface area contributed by atoms with Gasteiger partial charge < -0.3 is 4.98 Å². The summed E-state index contributed by atoms with van der Waals surface area (Å²) in [6.45, 7) is 6.82. The summed E-state index contributed by atoms with van der Waals surface area (Å²) in [5, 5.41) is 0. The summed E-state index contributed by atoms with van der Waals surface area (Å²) >= 11 is 10.6. The Labute approximate surface area is 111 Å². The lowest BCUT2D eigenvalue weighted by molar-refractivity contribution is 1.49. The maximum Gasteiger partial charge on any atom is 0.144 e. The zero-order valence-corrected chi connectivity index (χ0v) is 14.0. The van der Waals surface area contributed by atoms with E-state index in [1.165, 1.54) is 0 Å². The molecule has 1 nitrogen and oxygen atoms in total. The standard InChI is InChI=1S/C9H12Br3NSi/c1-14(2,3)13-9-7(11)4-6(10)5-8(9)12/h4-5,13H,1-3H3. The van der Waals surface area contributed by atoms with Gasteiger partial charge in [0.2, 0.25) is 0 Å². The second-order valence-electron chi connectivity index (χ2n) is 4.12. The van der Waals surface area contributed by atoms with E-state index in [9.17, 15) is 0 Å². The van der Waals surface area contributed by atoms with Crippen LogP contribution in [0.1, 0.15) is 0 Å². The molecule has 5 heteroatoms. The second-order valence-corrected chi connectivity index (χ2v) is 11.5. The summed E-state index contributed by atoms with van der Waals surface area (Å²) in [5.74, 6) is 0. The van der Waals surface area contributed by atoms with E-state index in [0.29, 0.717) is 0 Å². The molecule has 0 amide bonds. The van der Waals surface area contributed by atoms with Crippen LogP contribution in [0.4, 0.5) is 5.69 Å². The third kappa shape index (κ3) is 3.68. The van der Waals surface area contributed by atoms with Crippen LogP contribution in [0, 0.1) is 0 Å². The van der Waals surface area contributed by atoms with E-state index in [1.807, 2.05) is 12.1 Å². The van der Waals surface area contributed by atoms with Crippen LogP contribution in [0.15, 0.2) is 25.6 Å². The molecule has 0 unspecified atom stereocenters. The van der Waals surface area contributed by atoms with Crippen LogP contribution in [0.3, 0.4) is 0 Å². The van der Waals surface area contributed by atoms with Gasteiger partial charge in [0.15, 0.2) is 0 Å². The molecule has 14 heavy (non-hydrogen) atoms. The molecule has 0 fully saturated rings. The summed E-state index contributed by atoms with van der Waals surface area (Å²) in [7, 11) is -1.30. The molecule has 0 atom stereocenters. The van der Waals surface area contributed by atoms with Gasteiger partial charge in [-0.15, -0.1) is 0 Å². The van der Waals surface area contributed by atoms with Crippen molar-refractivity contribution in [3.63, 3.8) is 0 Å². The summed E-state index contributed by atoms with van der Waals surface area (Å²) in [6.07, 6.45) is 0. The number of hydrogen-bond acceptors (Lipinski definition) is 1. The van der Waals surface area contributed by atoms with Gasteiger partial charge in [0.05, 0.1) is 5.69 Å². The highest BCUT2D eigenvalue weighted by Gasteiger charge is 2.16. The first-order chi connectivity index (χ1) is 6.29. The molecule has 0 saturated carbocycles. The van der Waals surface area contributed by atoms with Crippen molar-refractivity contribution in [3.8, 4) is 0 Å². The number of benzene rings is 1. The quantitative estimate of drug-likeness (QED) is 0.670. The lowest BCUT2D eigenvalue weighted by Crippen LogP contribution is -2.32. The minimum absolute atomic E-state index is 1.07. The SMILES string of the molecule is C[Si](C)(C)Nc1c(Br)cc(Br)cc1Br. The topological polar surface area (TPSA) is 12.0 Å². The molecule has 1 aromatic carbocycles. The average molecular weight is 402 g/mol. The Morgan fingerprint density at radius 1 is 1.00 bits per heavy atom. The van der Waals surface area contributed by atoms with E-state index in [-0.39, 0.29) is 0 Å². The van der Waals surface area contributed by atoms with Crippen LogP contribution in [-0.2, 0) is 0 Å². The first-order valence-corrected chi connectivity index (χ1v) is 10.1. The third-order valence-electron chi connectivity index (χ3n) is 1.51. The monoisotopic (exact) mass is 399 g/mol. The smallest absolute Gasteiger partial charge is 0.144 e. The Balaban J connectivity index is 3.09. The molecular weight excluding hydrogens is 390 g/mol. The van der Waals surface area contributed by atoms with Gasteiger partial charge in [0.25, 0.3) is 0 Å². The molecule has 0 aliphatic carbocycles. The number of halogens is 3. The molecule has 0 radical (unpaired) electrons. The van der Waals surface area contributed by atoms with Crippen molar-refractivity contribution < 1.29 is 0 Å². The second kappa shape index (κ2) is 4.68. The first-order valence-electron chi connectivity index (χ1n) is 4.22. The fourth-order valence-electron chi connectivity index (χ4n) is 1.04. The highest BCUT2D eigenvalue weighted by molar-refractivity contribution is 9.11. The highest BCUT2D eigenvalue weighted by atomic mass is 79.9. The Morgan fingerprint density at radius 3 is 1.79 bits per heavy atom. The molecule has 0 spiro atoms. The first kappa shape index (κ1) is 12.7. The predicted molar refractivity (Wildman–Crippen MR) is 76.5 cm³/mol. The molecule has 1 N–H and O–H groups in total. The fourth-order valence-corrected chi connectivity index (χ4v) is 4.88. The lowest BCUT2D eigenvalue weighted by atomic mass is 10.3. The summed E-state index contributed by atoms with van der Waals surface area (Å²) < 4.78 is 3.24. The van der Waals surface area contributed by atoms with Crippen LogP contribution in [0.2, 0.25) is 19.6 Å². The van der Waals surface area contributed by atoms with Gasteiger partial charge in [0, 0.05) is 13.4 Å². The molecular formula is C9H12Br3NSi. The third-order valence-corrected chi connectivity index (χ3v) is 4.22. The Morgan fingerprint density at radius 2 is 1.43 bits per heavy atom. The van der Waals surface area contributed by atoms with E-state index >= 15 is 0 Å². The van der Waals surface area contributed by atoms with Crippen molar-refractivity contribution in [1.29, 1.82) is 0 Å². The number of nitrogens with one attached hydrogen (secondary N) is 1. The minimum Gasteiger partial charge on any atom is -0.409 e. The zero-order valence-electron chi connectivity index (χ0n) is 8.29. The van der Waals surface area contributed by atoms with E-state index in [0.717, 1.165) is 19.1 Å². The summed E-state index contributed by atoms with van der Waals surface area (Å²) in [5.41, 5.74) is 1.15. The number of rotatable bonds is 2. The van der Waals surface area contributed by atoms with Crippen molar-refractivity contribution in [3.05, 3.63) is 25.6 Å². The van der Waals surface area contributed by atoms with Crippen LogP contribution in [0.25, 0.3) is 0 Å². The normalized spacial score (nSPS) is 11.6. The molecule has 1 rings (SSSR count). The Hall–Kier alpha value is 0.677. The van der Waals surface area contributed by atoms with Crippen molar-refractivity contribution in [2.45, 2.75) is 19.6 Å². The van der Waals surface area contributed by atoms with E-state index in [4.69, 9.17) is 0 Å². The van der Waals surface area contributed by atoms with Gasteiger partial charge in [0.1, 0.15) is 8.24 Å². The maximum absolute atomic E-state index is 3.57. The highest BCUT2D eigenvalue weighted by Crippen LogP contribution is 2.35. The molecule has 78 valence electrons. The molecule has 0 saturated heterocycles. The van der Waals surface area contributed by atoms with Crippen molar-refractivity contribution >= 4 is 61.7 Å². The van der Waals surface area contributed by atoms with Crippen LogP contribution in [-0.4, -0.2) is 8.24 Å². The Kier molecular flexibility index (Phi) is 4.26. The van der Waals surface area contributed by atoms with E-state index in [1.54, 1.807) is 0 Å². The molecule has 0 aliphatic heterocycles. The van der Waals surface area contributed by atoms with Gasteiger partial charge >= 0.3 is 0 Å². The van der Waals surface area contributed by atoms with Crippen molar-refractivity contribution in [2.75, 3.05) is 4.98 Å². The van der Waals surface area contributed by atoms with Gasteiger partial charge in [-0.1, -0.05) is 35.6 Å². The summed E-state index contributed by atoms with van der Waals surface area (Å²) in [4.78, 5) is 3.57.